The summed E-state index contributed by atoms with van der Waals surface area (Å²) in [7, 11) is 0. The van der Waals surface area contributed by atoms with Gasteiger partial charge >= 0.3 is 0 Å². The van der Waals surface area contributed by atoms with Crippen molar-refractivity contribution in [1.29, 1.82) is 0 Å². The van der Waals surface area contributed by atoms with E-state index in [-0.39, 0.29) is 5.54 Å². The van der Waals surface area contributed by atoms with Crippen molar-refractivity contribution in [2.24, 2.45) is 0 Å². The molecule has 2 nitrogen and oxygen atoms in total. The highest BCUT2D eigenvalue weighted by molar-refractivity contribution is 5.49. The van der Waals surface area contributed by atoms with Gasteiger partial charge in [0.25, 0.3) is 0 Å². The molecule has 0 bridgehead atoms. The number of benzene rings is 1. The van der Waals surface area contributed by atoms with Crippen LogP contribution in [0.2, 0.25) is 0 Å². The van der Waals surface area contributed by atoms with Gasteiger partial charge in [-0.3, -0.25) is 0 Å². The Morgan fingerprint density at radius 2 is 1.94 bits per heavy atom. The molecule has 1 aromatic carbocycles. The number of hydrogen-bond donors (Lipinski definition) is 1. The Bertz CT molecular complexity index is 441. The standard InChI is InChI=1S/C14H18F2N2/c15-11-4-3-5-12(13(11)16)18-9-8-17-14(10-18)6-1-2-7-14/h3-5,17H,1-2,6-10H2. The van der Waals surface area contributed by atoms with E-state index in [2.05, 4.69) is 5.32 Å². The number of nitrogens with zero attached hydrogens (tertiary/aromatic N) is 1. The highest BCUT2D eigenvalue weighted by Gasteiger charge is 2.38. The Kier molecular flexibility index (Phi) is 2.98. The highest BCUT2D eigenvalue weighted by atomic mass is 19.2. The minimum Gasteiger partial charge on any atom is -0.366 e. The zero-order valence-electron chi connectivity index (χ0n) is 10.4. The molecule has 0 atom stereocenters. The molecule has 1 saturated carbocycles. The zero-order valence-corrected chi connectivity index (χ0v) is 10.4. The van der Waals surface area contributed by atoms with Crippen LogP contribution in [-0.4, -0.2) is 25.2 Å². The van der Waals surface area contributed by atoms with Crippen LogP contribution in [0.3, 0.4) is 0 Å². The average Bonchev–Trinajstić information content (AvgIpc) is 2.81. The SMILES string of the molecule is Fc1cccc(N2CCNC3(CCCC3)C2)c1F. The molecule has 3 rings (SSSR count). The van der Waals surface area contributed by atoms with Crippen LogP contribution in [-0.2, 0) is 0 Å². The Morgan fingerprint density at radius 3 is 2.72 bits per heavy atom. The summed E-state index contributed by atoms with van der Waals surface area (Å²) < 4.78 is 27.1. The fourth-order valence-corrected chi connectivity index (χ4v) is 3.29. The molecule has 2 aliphatic rings. The molecule has 18 heavy (non-hydrogen) atoms. The highest BCUT2D eigenvalue weighted by Crippen LogP contribution is 2.34. The Morgan fingerprint density at radius 1 is 1.17 bits per heavy atom. The van der Waals surface area contributed by atoms with E-state index in [4.69, 9.17) is 0 Å². The third-order valence-corrected chi connectivity index (χ3v) is 4.21. The van der Waals surface area contributed by atoms with Gasteiger partial charge in [0.1, 0.15) is 0 Å². The lowest BCUT2D eigenvalue weighted by Gasteiger charge is -2.42. The van der Waals surface area contributed by atoms with E-state index in [9.17, 15) is 8.78 Å². The first-order chi connectivity index (χ1) is 8.70. The largest absolute Gasteiger partial charge is 0.366 e. The molecule has 0 amide bonds. The van der Waals surface area contributed by atoms with Gasteiger partial charge in [0.2, 0.25) is 0 Å². The van der Waals surface area contributed by atoms with Crippen molar-refractivity contribution in [3.8, 4) is 0 Å². The van der Waals surface area contributed by atoms with Gasteiger partial charge in [-0.25, -0.2) is 8.78 Å². The lowest BCUT2D eigenvalue weighted by molar-refractivity contribution is 0.302. The minimum atomic E-state index is -0.758. The first-order valence-electron chi connectivity index (χ1n) is 6.64. The predicted octanol–water partition coefficient (Wildman–Crippen LogP) is 2.69. The molecule has 1 spiro atoms. The normalized spacial score (nSPS) is 22.7. The Labute approximate surface area is 106 Å². The Hall–Kier alpha value is -1.16. The second-order valence-electron chi connectivity index (χ2n) is 5.41. The summed E-state index contributed by atoms with van der Waals surface area (Å²) in [6, 6.07) is 4.43. The summed E-state index contributed by atoms with van der Waals surface area (Å²) in [6.07, 6.45) is 4.74. The van der Waals surface area contributed by atoms with Gasteiger partial charge in [-0.2, -0.15) is 0 Å². The molecule has 4 heteroatoms. The quantitative estimate of drug-likeness (QED) is 0.826. The average molecular weight is 252 g/mol. The van der Waals surface area contributed by atoms with Crippen LogP contribution in [0.4, 0.5) is 14.5 Å². The van der Waals surface area contributed by atoms with Crippen LogP contribution in [0.15, 0.2) is 18.2 Å². The molecule has 1 N–H and O–H groups in total. The topological polar surface area (TPSA) is 15.3 Å². The summed E-state index contributed by atoms with van der Waals surface area (Å²) in [5.74, 6) is -1.47. The molecule has 98 valence electrons. The molecule has 0 radical (unpaired) electrons. The van der Waals surface area contributed by atoms with Crippen LogP contribution >= 0.6 is 0 Å². The fourth-order valence-electron chi connectivity index (χ4n) is 3.29. The van der Waals surface area contributed by atoms with Crippen molar-refractivity contribution in [3.63, 3.8) is 0 Å². The minimum absolute atomic E-state index is 0.122. The van der Waals surface area contributed by atoms with E-state index in [0.717, 1.165) is 32.5 Å². The predicted molar refractivity (Wildman–Crippen MR) is 67.8 cm³/mol. The van der Waals surface area contributed by atoms with Crippen molar-refractivity contribution in [3.05, 3.63) is 29.8 Å². The molecule has 2 fully saturated rings. The van der Waals surface area contributed by atoms with E-state index in [0.29, 0.717) is 5.69 Å². The number of anilines is 1. The summed E-state index contributed by atoms with van der Waals surface area (Å²) >= 11 is 0. The lowest BCUT2D eigenvalue weighted by Crippen LogP contribution is -2.59. The summed E-state index contributed by atoms with van der Waals surface area (Å²) in [5.41, 5.74) is 0.527. The molecule has 1 aromatic rings. The Balaban J connectivity index is 1.85. The second kappa shape index (κ2) is 4.50. The van der Waals surface area contributed by atoms with E-state index < -0.39 is 11.6 Å². The summed E-state index contributed by atoms with van der Waals surface area (Å²) in [4.78, 5) is 1.99. The maximum Gasteiger partial charge on any atom is 0.182 e. The fraction of sp³-hybridized carbons (Fsp3) is 0.571. The van der Waals surface area contributed by atoms with Crippen LogP contribution in [0.25, 0.3) is 0 Å². The molecule has 1 aliphatic heterocycles. The van der Waals surface area contributed by atoms with Crippen LogP contribution in [0.5, 0.6) is 0 Å². The third-order valence-electron chi connectivity index (χ3n) is 4.21. The number of rotatable bonds is 1. The van der Waals surface area contributed by atoms with Gasteiger partial charge in [0.05, 0.1) is 5.69 Å². The first kappa shape index (κ1) is 11.9. The van der Waals surface area contributed by atoms with E-state index >= 15 is 0 Å². The van der Waals surface area contributed by atoms with E-state index in [1.807, 2.05) is 4.90 Å². The first-order valence-corrected chi connectivity index (χ1v) is 6.64. The molecule has 0 aromatic heterocycles. The maximum atomic E-state index is 13.8. The zero-order chi connectivity index (χ0) is 12.6. The summed E-state index contributed by atoms with van der Waals surface area (Å²) in [6.45, 7) is 2.37. The van der Waals surface area contributed by atoms with Gasteiger partial charge in [-0.05, 0) is 25.0 Å². The molecule has 0 unspecified atom stereocenters. The van der Waals surface area contributed by atoms with Gasteiger partial charge in [0.15, 0.2) is 11.6 Å². The number of hydrogen-bond acceptors (Lipinski definition) is 2. The van der Waals surface area contributed by atoms with Crippen molar-refractivity contribution in [2.75, 3.05) is 24.5 Å². The maximum absolute atomic E-state index is 13.8. The van der Waals surface area contributed by atoms with Crippen molar-refractivity contribution >= 4 is 5.69 Å². The van der Waals surface area contributed by atoms with Crippen molar-refractivity contribution < 1.29 is 8.78 Å². The molecule has 1 aliphatic carbocycles. The van der Waals surface area contributed by atoms with Crippen LogP contribution < -0.4 is 10.2 Å². The van der Waals surface area contributed by atoms with Gasteiger partial charge in [-0.1, -0.05) is 18.9 Å². The monoisotopic (exact) mass is 252 g/mol. The summed E-state index contributed by atoms with van der Waals surface area (Å²) in [5, 5.41) is 3.57. The van der Waals surface area contributed by atoms with Crippen molar-refractivity contribution in [2.45, 2.75) is 31.2 Å². The van der Waals surface area contributed by atoms with Crippen molar-refractivity contribution in [1.82, 2.24) is 5.32 Å². The van der Waals surface area contributed by atoms with Gasteiger partial charge < -0.3 is 10.2 Å². The van der Waals surface area contributed by atoms with Crippen LogP contribution in [0.1, 0.15) is 25.7 Å². The smallest absolute Gasteiger partial charge is 0.182 e. The molecule has 1 heterocycles. The third kappa shape index (κ3) is 1.99. The van der Waals surface area contributed by atoms with E-state index in [1.165, 1.54) is 18.9 Å². The van der Waals surface area contributed by atoms with Crippen LogP contribution in [0, 0.1) is 11.6 Å². The molecule has 1 saturated heterocycles. The molecular weight excluding hydrogens is 234 g/mol. The number of nitrogens with one attached hydrogen (secondary N) is 1. The lowest BCUT2D eigenvalue weighted by atomic mass is 9.94. The number of piperazine rings is 1. The van der Waals surface area contributed by atoms with Gasteiger partial charge in [-0.15, -0.1) is 0 Å². The number of halogens is 2. The van der Waals surface area contributed by atoms with E-state index in [1.54, 1.807) is 12.1 Å². The molecular formula is C14H18F2N2. The van der Waals surface area contributed by atoms with Gasteiger partial charge in [0, 0.05) is 25.2 Å². The second-order valence-corrected chi connectivity index (χ2v) is 5.41.